The Balaban J connectivity index is 1.70. The van der Waals surface area contributed by atoms with Gasteiger partial charge in [0.1, 0.15) is 10.8 Å². The summed E-state index contributed by atoms with van der Waals surface area (Å²) < 4.78 is 13.3. The van der Waals surface area contributed by atoms with Crippen molar-refractivity contribution in [2.75, 3.05) is 6.54 Å². The number of piperidine rings is 1. The Kier molecular flexibility index (Phi) is 5.13. The maximum absolute atomic E-state index is 13.3. The number of nitrogens with zero attached hydrogens (tertiary/aromatic N) is 2. The molecule has 1 aliphatic heterocycles. The van der Waals surface area contributed by atoms with Crippen molar-refractivity contribution in [2.24, 2.45) is 5.92 Å². The Bertz CT molecular complexity index is 792. The maximum Gasteiger partial charge on any atom is 0.308 e. The van der Waals surface area contributed by atoms with Gasteiger partial charge < -0.3 is 10.0 Å². The van der Waals surface area contributed by atoms with Crippen LogP contribution in [0.5, 0.6) is 0 Å². The van der Waals surface area contributed by atoms with Crippen molar-refractivity contribution in [1.82, 2.24) is 9.88 Å². The van der Waals surface area contributed by atoms with Gasteiger partial charge in [0.25, 0.3) is 0 Å². The summed E-state index contributed by atoms with van der Waals surface area (Å²) in [5.41, 5.74) is 1.31. The number of halogens is 1. The Morgan fingerprint density at radius 1 is 1.44 bits per heavy atom. The number of benzene rings is 1. The standard InChI is InChI=1S/C18H19FN2O3S/c1-11-15(18(23)24)6-3-7-21(11)16(22)9-14-10-25-17(20-14)12-4-2-5-13(19)8-12/h2,4-5,8,10-11,15H,3,6-7,9H2,1H3,(H,23,24)/t11-,15-/m1/s1. The summed E-state index contributed by atoms with van der Waals surface area (Å²) in [5, 5.41) is 11.7. The van der Waals surface area contributed by atoms with Crippen molar-refractivity contribution in [3.05, 3.63) is 41.2 Å². The zero-order valence-corrected chi connectivity index (χ0v) is 14.6. The predicted octanol–water partition coefficient (Wildman–Crippen LogP) is 3.20. The first kappa shape index (κ1) is 17.5. The highest BCUT2D eigenvalue weighted by Gasteiger charge is 2.35. The minimum Gasteiger partial charge on any atom is -0.481 e. The zero-order valence-electron chi connectivity index (χ0n) is 13.8. The van der Waals surface area contributed by atoms with Crippen molar-refractivity contribution < 1.29 is 19.1 Å². The van der Waals surface area contributed by atoms with Crippen LogP contribution >= 0.6 is 11.3 Å². The number of hydrogen-bond donors (Lipinski definition) is 1. The second-order valence-electron chi connectivity index (χ2n) is 6.25. The lowest BCUT2D eigenvalue weighted by Gasteiger charge is -2.37. The smallest absolute Gasteiger partial charge is 0.308 e. The van der Waals surface area contributed by atoms with E-state index in [4.69, 9.17) is 0 Å². The van der Waals surface area contributed by atoms with Gasteiger partial charge in [0.2, 0.25) is 5.91 Å². The van der Waals surface area contributed by atoms with Crippen LogP contribution in [0.3, 0.4) is 0 Å². The van der Waals surface area contributed by atoms with Gasteiger partial charge in [-0.15, -0.1) is 11.3 Å². The monoisotopic (exact) mass is 362 g/mol. The number of carbonyl (C=O) groups excluding carboxylic acids is 1. The van der Waals surface area contributed by atoms with E-state index in [-0.39, 0.29) is 24.2 Å². The SMILES string of the molecule is C[C@@H]1[C@H](C(=O)O)CCCN1C(=O)Cc1csc(-c2cccc(F)c2)n1. The van der Waals surface area contributed by atoms with E-state index in [1.165, 1.54) is 23.5 Å². The summed E-state index contributed by atoms with van der Waals surface area (Å²) in [5.74, 6) is -1.82. The molecule has 0 aliphatic carbocycles. The average molecular weight is 362 g/mol. The fraction of sp³-hybridized carbons (Fsp3) is 0.389. The van der Waals surface area contributed by atoms with E-state index in [0.717, 1.165) is 0 Å². The Morgan fingerprint density at radius 2 is 2.24 bits per heavy atom. The Labute approximate surface area is 149 Å². The highest BCUT2D eigenvalue weighted by molar-refractivity contribution is 7.13. The van der Waals surface area contributed by atoms with Gasteiger partial charge in [0.05, 0.1) is 18.0 Å². The van der Waals surface area contributed by atoms with Crippen molar-refractivity contribution in [2.45, 2.75) is 32.2 Å². The third-order valence-electron chi connectivity index (χ3n) is 4.58. The summed E-state index contributed by atoms with van der Waals surface area (Å²) in [7, 11) is 0. The topological polar surface area (TPSA) is 70.5 Å². The number of hydrogen-bond acceptors (Lipinski definition) is 4. The number of likely N-dealkylation sites (tertiary alicyclic amines) is 1. The van der Waals surface area contributed by atoms with E-state index < -0.39 is 11.9 Å². The Hall–Kier alpha value is -2.28. The molecule has 1 fully saturated rings. The molecule has 2 atom stereocenters. The van der Waals surface area contributed by atoms with Crippen LogP contribution in [0.4, 0.5) is 4.39 Å². The molecule has 3 rings (SSSR count). The lowest BCUT2D eigenvalue weighted by atomic mass is 9.90. The van der Waals surface area contributed by atoms with Gasteiger partial charge in [-0.25, -0.2) is 9.37 Å². The van der Waals surface area contributed by atoms with E-state index >= 15 is 0 Å². The van der Waals surface area contributed by atoms with Crippen molar-refractivity contribution >= 4 is 23.2 Å². The number of carbonyl (C=O) groups is 2. The largest absolute Gasteiger partial charge is 0.481 e. The van der Waals surface area contributed by atoms with Crippen molar-refractivity contribution in [3.8, 4) is 10.6 Å². The molecule has 1 saturated heterocycles. The van der Waals surface area contributed by atoms with Crippen LogP contribution in [-0.2, 0) is 16.0 Å². The fourth-order valence-corrected chi connectivity index (χ4v) is 4.04. The van der Waals surface area contributed by atoms with Crippen molar-refractivity contribution in [3.63, 3.8) is 0 Å². The first-order chi connectivity index (χ1) is 12.0. The molecule has 1 amide bonds. The number of carboxylic acid groups (broad SMARTS) is 1. The van der Waals surface area contributed by atoms with Crippen molar-refractivity contribution in [1.29, 1.82) is 0 Å². The van der Waals surface area contributed by atoms with E-state index in [0.29, 0.717) is 35.7 Å². The van der Waals surface area contributed by atoms with Crippen LogP contribution in [-0.4, -0.2) is 39.5 Å². The maximum atomic E-state index is 13.3. The average Bonchev–Trinajstić information content (AvgIpc) is 3.03. The zero-order chi connectivity index (χ0) is 18.0. The second kappa shape index (κ2) is 7.31. The lowest BCUT2D eigenvalue weighted by molar-refractivity contribution is -0.148. The number of amides is 1. The second-order valence-corrected chi connectivity index (χ2v) is 7.10. The molecular formula is C18H19FN2O3S. The molecular weight excluding hydrogens is 343 g/mol. The molecule has 0 unspecified atom stereocenters. The lowest BCUT2D eigenvalue weighted by Crippen LogP contribution is -2.49. The molecule has 2 heterocycles. The highest BCUT2D eigenvalue weighted by atomic mass is 32.1. The fourth-order valence-electron chi connectivity index (χ4n) is 3.22. The normalized spacial score (nSPS) is 20.5. The Morgan fingerprint density at radius 3 is 2.96 bits per heavy atom. The molecule has 1 aliphatic rings. The highest BCUT2D eigenvalue weighted by Crippen LogP contribution is 2.27. The van der Waals surface area contributed by atoms with E-state index in [2.05, 4.69) is 4.98 Å². The molecule has 0 radical (unpaired) electrons. The first-order valence-corrected chi connectivity index (χ1v) is 9.06. The van der Waals surface area contributed by atoms with Gasteiger partial charge in [-0.05, 0) is 31.9 Å². The van der Waals surface area contributed by atoms with Gasteiger partial charge in [0.15, 0.2) is 0 Å². The molecule has 1 N–H and O–H groups in total. The van der Waals surface area contributed by atoms with Gasteiger partial charge >= 0.3 is 5.97 Å². The number of thiazole rings is 1. The van der Waals surface area contributed by atoms with E-state index in [1.807, 2.05) is 0 Å². The molecule has 0 bridgehead atoms. The number of carboxylic acids is 1. The number of rotatable bonds is 4. The molecule has 25 heavy (non-hydrogen) atoms. The van der Waals surface area contributed by atoms with Crippen LogP contribution in [0.15, 0.2) is 29.6 Å². The summed E-state index contributed by atoms with van der Waals surface area (Å²) in [6.45, 7) is 2.36. The van der Waals surface area contributed by atoms with Gasteiger partial charge in [-0.1, -0.05) is 12.1 Å². The quantitative estimate of drug-likeness (QED) is 0.907. The molecule has 2 aromatic rings. The molecule has 0 spiro atoms. The van der Waals surface area contributed by atoms with Gasteiger partial charge in [-0.3, -0.25) is 9.59 Å². The molecule has 1 aromatic carbocycles. The van der Waals surface area contributed by atoms with Crippen LogP contribution in [0, 0.1) is 11.7 Å². The van der Waals surface area contributed by atoms with Crippen LogP contribution in [0.1, 0.15) is 25.5 Å². The van der Waals surface area contributed by atoms with Crippen LogP contribution in [0.25, 0.3) is 10.6 Å². The molecule has 0 saturated carbocycles. The van der Waals surface area contributed by atoms with Crippen LogP contribution < -0.4 is 0 Å². The minimum atomic E-state index is -0.855. The number of aromatic nitrogens is 1. The third-order valence-corrected chi connectivity index (χ3v) is 5.52. The van der Waals surface area contributed by atoms with Crippen LogP contribution in [0.2, 0.25) is 0 Å². The summed E-state index contributed by atoms with van der Waals surface area (Å²) in [6, 6.07) is 5.86. The van der Waals surface area contributed by atoms with E-state index in [9.17, 15) is 19.1 Å². The third kappa shape index (κ3) is 3.87. The molecule has 1 aromatic heterocycles. The number of aliphatic carboxylic acids is 1. The first-order valence-electron chi connectivity index (χ1n) is 8.18. The summed E-state index contributed by atoms with van der Waals surface area (Å²) in [4.78, 5) is 29.9. The molecule has 5 nitrogen and oxygen atoms in total. The molecule has 132 valence electrons. The predicted molar refractivity (Wildman–Crippen MR) is 92.7 cm³/mol. The van der Waals surface area contributed by atoms with Gasteiger partial charge in [0, 0.05) is 23.5 Å². The molecule has 7 heteroatoms. The summed E-state index contributed by atoms with van der Waals surface area (Å²) in [6.07, 6.45) is 1.42. The minimum absolute atomic E-state index is 0.116. The van der Waals surface area contributed by atoms with Gasteiger partial charge in [-0.2, -0.15) is 0 Å². The summed E-state index contributed by atoms with van der Waals surface area (Å²) >= 11 is 1.36. The van der Waals surface area contributed by atoms with E-state index in [1.54, 1.807) is 29.3 Å².